The molecule has 0 bridgehead atoms. The third-order valence-electron chi connectivity index (χ3n) is 4.07. The molecule has 26 heavy (non-hydrogen) atoms. The van der Waals surface area contributed by atoms with Crippen molar-refractivity contribution in [3.8, 4) is 11.5 Å². The van der Waals surface area contributed by atoms with Gasteiger partial charge in [-0.25, -0.2) is 8.42 Å². The first-order valence-corrected chi connectivity index (χ1v) is 9.66. The van der Waals surface area contributed by atoms with E-state index in [1.165, 1.54) is 13.1 Å². The molecule has 1 N–H and O–H groups in total. The molecule has 0 aliphatic heterocycles. The maximum atomic E-state index is 12.7. The number of rotatable bonds is 7. The van der Waals surface area contributed by atoms with Gasteiger partial charge < -0.3 is 8.94 Å². The lowest BCUT2D eigenvalue weighted by molar-refractivity contribution is 0.329. The largest absolute Gasteiger partial charge is 0.442 e. The standard InChI is InChI=1S/C16H21N5O4S/c1-5-6-13-17-14(25-20-13)9-21(4)26(22,23)15-8-7-12(24-15)16-10(2)11(3)18-19-16/h7-8H,5-6,9H2,1-4H3,(H,18,19). The molecule has 3 rings (SSSR count). The molecule has 3 aromatic rings. The molecule has 0 saturated heterocycles. The summed E-state index contributed by atoms with van der Waals surface area (Å²) in [6, 6.07) is 3.01. The van der Waals surface area contributed by atoms with Crippen LogP contribution in [0.1, 0.15) is 36.3 Å². The molecule has 0 radical (unpaired) electrons. The normalized spacial score (nSPS) is 12.2. The van der Waals surface area contributed by atoms with Crippen LogP contribution in [0.5, 0.6) is 0 Å². The molecular weight excluding hydrogens is 358 g/mol. The zero-order valence-electron chi connectivity index (χ0n) is 15.1. The number of hydrogen-bond acceptors (Lipinski definition) is 7. The van der Waals surface area contributed by atoms with Crippen molar-refractivity contribution >= 4 is 10.0 Å². The summed E-state index contributed by atoms with van der Waals surface area (Å²) >= 11 is 0. The van der Waals surface area contributed by atoms with Gasteiger partial charge in [0.2, 0.25) is 11.0 Å². The van der Waals surface area contributed by atoms with Crippen molar-refractivity contribution in [2.45, 2.75) is 45.2 Å². The third-order valence-corrected chi connectivity index (χ3v) is 5.75. The van der Waals surface area contributed by atoms with Gasteiger partial charge in [-0.1, -0.05) is 12.1 Å². The highest BCUT2D eigenvalue weighted by atomic mass is 32.2. The maximum absolute atomic E-state index is 12.7. The van der Waals surface area contributed by atoms with E-state index in [0.29, 0.717) is 23.7 Å². The van der Waals surface area contributed by atoms with E-state index in [9.17, 15) is 8.42 Å². The summed E-state index contributed by atoms with van der Waals surface area (Å²) in [4.78, 5) is 4.19. The Hall–Kier alpha value is -2.46. The van der Waals surface area contributed by atoms with E-state index in [2.05, 4.69) is 20.3 Å². The lowest BCUT2D eigenvalue weighted by Crippen LogP contribution is -2.26. The number of H-pyrrole nitrogens is 1. The third kappa shape index (κ3) is 3.42. The van der Waals surface area contributed by atoms with E-state index < -0.39 is 10.0 Å². The van der Waals surface area contributed by atoms with Gasteiger partial charge in [-0.05, 0) is 32.4 Å². The second kappa shape index (κ2) is 7.04. The van der Waals surface area contributed by atoms with Gasteiger partial charge in [-0.2, -0.15) is 14.4 Å². The zero-order chi connectivity index (χ0) is 18.9. The first-order chi connectivity index (χ1) is 12.3. The maximum Gasteiger partial charge on any atom is 0.276 e. The fourth-order valence-electron chi connectivity index (χ4n) is 2.42. The van der Waals surface area contributed by atoms with Crippen LogP contribution < -0.4 is 0 Å². The molecule has 0 aliphatic carbocycles. The summed E-state index contributed by atoms with van der Waals surface area (Å²) in [5.74, 6) is 1.20. The Kier molecular flexibility index (Phi) is 4.97. The second-order valence-corrected chi connectivity index (χ2v) is 8.03. The molecule has 0 saturated carbocycles. The van der Waals surface area contributed by atoms with Gasteiger partial charge in [0, 0.05) is 24.7 Å². The monoisotopic (exact) mass is 379 g/mol. The van der Waals surface area contributed by atoms with Crippen molar-refractivity contribution < 1.29 is 17.4 Å². The lowest BCUT2D eigenvalue weighted by atomic mass is 10.2. The highest BCUT2D eigenvalue weighted by Gasteiger charge is 2.27. The van der Waals surface area contributed by atoms with Gasteiger partial charge in [0.25, 0.3) is 10.0 Å². The molecule has 10 heteroatoms. The number of nitrogens with one attached hydrogen (secondary N) is 1. The quantitative estimate of drug-likeness (QED) is 0.670. The van der Waals surface area contributed by atoms with E-state index in [1.54, 1.807) is 6.07 Å². The number of aryl methyl sites for hydroxylation is 2. The van der Waals surface area contributed by atoms with Crippen molar-refractivity contribution in [2.75, 3.05) is 7.05 Å². The highest BCUT2D eigenvalue weighted by molar-refractivity contribution is 7.88. The number of aromatic amines is 1. The van der Waals surface area contributed by atoms with Crippen LogP contribution in [0.4, 0.5) is 0 Å². The molecule has 3 heterocycles. The van der Waals surface area contributed by atoms with Gasteiger partial charge >= 0.3 is 0 Å². The van der Waals surface area contributed by atoms with Crippen LogP contribution in [-0.4, -0.2) is 40.1 Å². The van der Waals surface area contributed by atoms with Gasteiger partial charge in [0.1, 0.15) is 5.69 Å². The van der Waals surface area contributed by atoms with Gasteiger partial charge in [0.05, 0.1) is 6.54 Å². The Morgan fingerprint density at radius 1 is 1.27 bits per heavy atom. The van der Waals surface area contributed by atoms with Gasteiger partial charge in [0.15, 0.2) is 11.6 Å². The van der Waals surface area contributed by atoms with Crippen molar-refractivity contribution in [1.29, 1.82) is 0 Å². The summed E-state index contributed by atoms with van der Waals surface area (Å²) in [5, 5.41) is 10.7. The van der Waals surface area contributed by atoms with Crippen LogP contribution in [0.2, 0.25) is 0 Å². The smallest absolute Gasteiger partial charge is 0.276 e. The lowest BCUT2D eigenvalue weighted by Gasteiger charge is -2.12. The minimum atomic E-state index is -3.83. The summed E-state index contributed by atoms with van der Waals surface area (Å²) in [7, 11) is -2.40. The molecule has 0 aliphatic rings. The summed E-state index contributed by atoms with van der Waals surface area (Å²) < 4.78 is 37.2. The number of furan rings is 1. The first-order valence-electron chi connectivity index (χ1n) is 8.22. The van der Waals surface area contributed by atoms with Crippen LogP contribution in [0.15, 0.2) is 26.2 Å². The van der Waals surface area contributed by atoms with E-state index in [1.807, 2.05) is 20.8 Å². The van der Waals surface area contributed by atoms with E-state index >= 15 is 0 Å². The average Bonchev–Trinajstić information content (AvgIpc) is 3.31. The number of sulfonamides is 1. The fourth-order valence-corrected chi connectivity index (χ4v) is 3.44. The van der Waals surface area contributed by atoms with Crippen LogP contribution >= 0.6 is 0 Å². The van der Waals surface area contributed by atoms with E-state index in [0.717, 1.165) is 22.0 Å². The molecule has 140 valence electrons. The summed E-state index contributed by atoms with van der Waals surface area (Å²) in [6.07, 6.45) is 1.57. The molecule has 0 amide bonds. The Morgan fingerprint density at radius 2 is 2.04 bits per heavy atom. The fraction of sp³-hybridized carbons (Fsp3) is 0.438. The molecular formula is C16H21N5O4S. The van der Waals surface area contributed by atoms with Gasteiger partial charge in [-0.3, -0.25) is 5.10 Å². The molecule has 0 atom stereocenters. The van der Waals surface area contributed by atoms with E-state index in [-0.39, 0.29) is 17.5 Å². The average molecular weight is 379 g/mol. The molecule has 9 nitrogen and oxygen atoms in total. The Balaban J connectivity index is 1.80. The van der Waals surface area contributed by atoms with Gasteiger partial charge in [-0.15, -0.1) is 0 Å². The van der Waals surface area contributed by atoms with Crippen LogP contribution in [0.3, 0.4) is 0 Å². The SMILES string of the molecule is CCCc1noc(CN(C)S(=O)(=O)c2ccc(-c3n[nH]c(C)c3C)o2)n1. The number of aromatic nitrogens is 4. The van der Waals surface area contributed by atoms with Crippen molar-refractivity contribution in [1.82, 2.24) is 24.6 Å². The number of hydrogen-bond donors (Lipinski definition) is 1. The van der Waals surface area contributed by atoms with Crippen molar-refractivity contribution in [3.05, 3.63) is 35.1 Å². The Morgan fingerprint density at radius 3 is 2.69 bits per heavy atom. The Labute approximate surface area is 151 Å². The topological polar surface area (TPSA) is 118 Å². The second-order valence-electron chi connectivity index (χ2n) is 6.06. The first kappa shape index (κ1) is 18.3. The summed E-state index contributed by atoms with van der Waals surface area (Å²) in [5.41, 5.74) is 2.40. The van der Waals surface area contributed by atoms with Crippen LogP contribution in [-0.2, 0) is 23.0 Å². The van der Waals surface area contributed by atoms with Crippen LogP contribution in [0, 0.1) is 13.8 Å². The summed E-state index contributed by atoms with van der Waals surface area (Å²) in [6.45, 7) is 5.75. The van der Waals surface area contributed by atoms with Crippen molar-refractivity contribution in [3.63, 3.8) is 0 Å². The van der Waals surface area contributed by atoms with Crippen LogP contribution in [0.25, 0.3) is 11.5 Å². The minimum Gasteiger partial charge on any atom is -0.442 e. The zero-order valence-corrected chi connectivity index (χ0v) is 15.9. The molecule has 3 aromatic heterocycles. The number of nitrogens with zero attached hydrogens (tertiary/aromatic N) is 4. The van der Waals surface area contributed by atoms with E-state index in [4.69, 9.17) is 8.94 Å². The Bertz CT molecular complexity index is 1000. The minimum absolute atomic E-state index is 0.0321. The highest BCUT2D eigenvalue weighted by Crippen LogP contribution is 2.28. The molecule has 0 aromatic carbocycles. The van der Waals surface area contributed by atoms with Crippen molar-refractivity contribution in [2.24, 2.45) is 0 Å². The molecule has 0 fully saturated rings. The molecule has 0 unspecified atom stereocenters. The molecule has 0 spiro atoms. The predicted octanol–water partition coefficient (Wildman–Crippen LogP) is 2.44. The predicted molar refractivity (Wildman–Crippen MR) is 92.7 cm³/mol.